The van der Waals surface area contributed by atoms with Crippen molar-refractivity contribution < 1.29 is 15.0 Å². The first-order valence-corrected chi connectivity index (χ1v) is 8.47. The molecule has 1 atom stereocenters. The molecule has 3 aromatic rings. The topological polar surface area (TPSA) is 89.5 Å². The van der Waals surface area contributed by atoms with Gasteiger partial charge in [0.25, 0.3) is 5.91 Å². The van der Waals surface area contributed by atoms with Crippen molar-refractivity contribution in [3.63, 3.8) is 0 Å². The van der Waals surface area contributed by atoms with Crippen LogP contribution in [0, 0.1) is 6.92 Å². The van der Waals surface area contributed by atoms with E-state index in [9.17, 15) is 15.0 Å². The van der Waals surface area contributed by atoms with Crippen molar-refractivity contribution in [1.29, 1.82) is 0 Å². The van der Waals surface area contributed by atoms with E-state index in [0.717, 1.165) is 16.7 Å². The molecule has 26 heavy (non-hydrogen) atoms. The van der Waals surface area contributed by atoms with Gasteiger partial charge in [0.15, 0.2) is 0 Å². The van der Waals surface area contributed by atoms with Crippen LogP contribution in [0.5, 0.6) is 5.75 Å². The Bertz CT molecular complexity index is 963. The molecule has 0 bridgehead atoms. The second kappa shape index (κ2) is 6.31. The van der Waals surface area contributed by atoms with E-state index in [4.69, 9.17) is 0 Å². The Labute approximate surface area is 150 Å². The largest absolute Gasteiger partial charge is 0.507 e. The number of phenolic OH excluding ortho intramolecular Hbond substituents is 1. The van der Waals surface area contributed by atoms with Gasteiger partial charge in [0.1, 0.15) is 17.1 Å². The summed E-state index contributed by atoms with van der Waals surface area (Å²) >= 11 is 0. The Hall–Kier alpha value is -3.12. The van der Waals surface area contributed by atoms with Crippen LogP contribution in [0.4, 0.5) is 0 Å². The van der Waals surface area contributed by atoms with E-state index < -0.39 is 0 Å². The number of phenols is 1. The van der Waals surface area contributed by atoms with Crippen LogP contribution in [-0.4, -0.2) is 44.4 Å². The van der Waals surface area contributed by atoms with Crippen molar-refractivity contribution in [2.45, 2.75) is 13.0 Å². The highest BCUT2D eigenvalue weighted by molar-refractivity contribution is 6.00. The van der Waals surface area contributed by atoms with Gasteiger partial charge in [-0.3, -0.25) is 9.89 Å². The van der Waals surface area contributed by atoms with Crippen molar-refractivity contribution in [2.24, 2.45) is 0 Å². The average Bonchev–Trinajstić information content (AvgIpc) is 3.17. The molecule has 6 heteroatoms. The summed E-state index contributed by atoms with van der Waals surface area (Å²) in [6, 6.07) is 14.5. The van der Waals surface area contributed by atoms with Crippen LogP contribution in [0.2, 0.25) is 0 Å². The van der Waals surface area contributed by atoms with Gasteiger partial charge in [-0.25, -0.2) is 0 Å². The van der Waals surface area contributed by atoms with Crippen molar-refractivity contribution in [3.05, 3.63) is 70.9 Å². The third-order valence-corrected chi connectivity index (χ3v) is 4.76. The van der Waals surface area contributed by atoms with E-state index in [0.29, 0.717) is 17.0 Å². The maximum Gasteiger partial charge on any atom is 0.273 e. The SMILES string of the molecule is Cc1ccc(C2c3c(-c4ccccc4O)n[nH]c3C(=O)N2CCO)cc1. The number of carbonyl (C=O) groups excluding carboxylic acids is 1. The number of aromatic nitrogens is 2. The summed E-state index contributed by atoms with van der Waals surface area (Å²) < 4.78 is 0. The van der Waals surface area contributed by atoms with E-state index >= 15 is 0 Å². The summed E-state index contributed by atoms with van der Waals surface area (Å²) in [6.07, 6.45) is 0. The molecule has 1 aliphatic rings. The van der Waals surface area contributed by atoms with Gasteiger partial charge in [0, 0.05) is 17.7 Å². The molecule has 1 unspecified atom stereocenters. The third-order valence-electron chi connectivity index (χ3n) is 4.76. The molecule has 132 valence electrons. The van der Waals surface area contributed by atoms with Crippen LogP contribution in [0.1, 0.15) is 33.2 Å². The molecule has 0 aliphatic carbocycles. The van der Waals surface area contributed by atoms with Gasteiger partial charge in [-0.2, -0.15) is 5.10 Å². The van der Waals surface area contributed by atoms with Crippen molar-refractivity contribution in [2.75, 3.05) is 13.2 Å². The number of aliphatic hydroxyl groups excluding tert-OH is 1. The van der Waals surface area contributed by atoms with Crippen LogP contribution >= 0.6 is 0 Å². The molecule has 1 aromatic heterocycles. The first-order valence-electron chi connectivity index (χ1n) is 8.47. The highest BCUT2D eigenvalue weighted by atomic mass is 16.3. The normalized spacial score (nSPS) is 16.2. The number of nitrogens with one attached hydrogen (secondary N) is 1. The number of hydrogen-bond acceptors (Lipinski definition) is 4. The molecule has 1 aliphatic heterocycles. The molecular weight excluding hydrogens is 330 g/mol. The van der Waals surface area contributed by atoms with Crippen molar-refractivity contribution in [3.8, 4) is 17.0 Å². The predicted molar refractivity (Wildman–Crippen MR) is 96.8 cm³/mol. The number of aryl methyl sites for hydroxylation is 1. The summed E-state index contributed by atoms with van der Waals surface area (Å²) in [4.78, 5) is 14.5. The summed E-state index contributed by atoms with van der Waals surface area (Å²) in [5.41, 5.74) is 4.32. The minimum Gasteiger partial charge on any atom is -0.507 e. The molecule has 4 rings (SSSR count). The number of aromatic hydroxyl groups is 1. The predicted octanol–water partition coefficient (Wildman–Crippen LogP) is 2.63. The number of hydrogen-bond donors (Lipinski definition) is 3. The number of carbonyl (C=O) groups is 1. The first kappa shape index (κ1) is 16.4. The van der Waals surface area contributed by atoms with Crippen molar-refractivity contribution >= 4 is 5.91 Å². The molecule has 3 N–H and O–H groups in total. The summed E-state index contributed by atoms with van der Waals surface area (Å²) in [7, 11) is 0. The number of fused-ring (bicyclic) bond motifs is 1. The molecule has 2 aromatic carbocycles. The van der Waals surface area contributed by atoms with E-state index in [-0.39, 0.29) is 30.9 Å². The van der Waals surface area contributed by atoms with Crippen LogP contribution in [-0.2, 0) is 0 Å². The fraction of sp³-hybridized carbons (Fsp3) is 0.200. The number of β-amino-alcohol motifs (C(OH)–C–C–N with tert-alkyl or cyclic N) is 1. The zero-order valence-corrected chi connectivity index (χ0v) is 14.3. The molecule has 1 amide bonds. The summed E-state index contributed by atoms with van der Waals surface area (Å²) in [5, 5.41) is 26.8. The molecule has 2 heterocycles. The van der Waals surface area contributed by atoms with E-state index in [2.05, 4.69) is 10.2 Å². The number of aliphatic hydroxyl groups is 1. The number of rotatable bonds is 4. The average molecular weight is 349 g/mol. The number of benzene rings is 2. The number of aromatic amines is 1. The fourth-order valence-electron chi connectivity index (χ4n) is 3.51. The smallest absolute Gasteiger partial charge is 0.273 e. The molecular formula is C20H19N3O3. The molecule has 6 nitrogen and oxygen atoms in total. The number of H-pyrrole nitrogens is 1. The van der Waals surface area contributed by atoms with Crippen molar-refractivity contribution in [1.82, 2.24) is 15.1 Å². The molecule has 0 radical (unpaired) electrons. The van der Waals surface area contributed by atoms with Gasteiger partial charge in [-0.1, -0.05) is 42.0 Å². The second-order valence-electron chi connectivity index (χ2n) is 6.41. The van der Waals surface area contributed by atoms with Gasteiger partial charge in [-0.15, -0.1) is 0 Å². The molecule has 0 saturated carbocycles. The van der Waals surface area contributed by atoms with E-state index in [1.807, 2.05) is 37.3 Å². The fourth-order valence-corrected chi connectivity index (χ4v) is 3.51. The minimum atomic E-state index is -0.362. The maximum absolute atomic E-state index is 12.8. The van der Waals surface area contributed by atoms with Gasteiger partial charge >= 0.3 is 0 Å². The number of para-hydroxylation sites is 1. The molecule has 0 saturated heterocycles. The zero-order valence-electron chi connectivity index (χ0n) is 14.3. The quantitative estimate of drug-likeness (QED) is 0.675. The zero-order chi connectivity index (χ0) is 18.3. The van der Waals surface area contributed by atoms with Crippen LogP contribution in [0.15, 0.2) is 48.5 Å². The Kier molecular flexibility index (Phi) is 3.97. The summed E-state index contributed by atoms with van der Waals surface area (Å²) in [5.74, 6) is -0.0914. The van der Waals surface area contributed by atoms with E-state index in [1.54, 1.807) is 23.1 Å². The standard InChI is InChI=1S/C20H19N3O3/c1-12-6-8-13(9-7-12)19-16-17(14-4-2-3-5-15(14)25)21-22-18(16)20(26)23(19)10-11-24/h2-9,19,24-25H,10-11H2,1H3,(H,21,22). The van der Waals surface area contributed by atoms with Crippen LogP contribution < -0.4 is 0 Å². The lowest BCUT2D eigenvalue weighted by molar-refractivity contribution is 0.0706. The second-order valence-corrected chi connectivity index (χ2v) is 6.41. The Balaban J connectivity index is 1.91. The third kappa shape index (κ3) is 2.46. The molecule has 0 fully saturated rings. The van der Waals surface area contributed by atoms with Crippen LogP contribution in [0.25, 0.3) is 11.3 Å². The number of amides is 1. The lowest BCUT2D eigenvalue weighted by Gasteiger charge is -2.25. The van der Waals surface area contributed by atoms with E-state index in [1.165, 1.54) is 0 Å². The van der Waals surface area contributed by atoms with Gasteiger partial charge in [-0.05, 0) is 24.6 Å². The van der Waals surface area contributed by atoms with Gasteiger partial charge < -0.3 is 15.1 Å². The monoisotopic (exact) mass is 349 g/mol. The highest BCUT2D eigenvalue weighted by Gasteiger charge is 2.42. The first-order chi connectivity index (χ1) is 12.6. The highest BCUT2D eigenvalue weighted by Crippen LogP contribution is 2.44. The number of nitrogens with zero attached hydrogens (tertiary/aromatic N) is 2. The maximum atomic E-state index is 12.8. The van der Waals surface area contributed by atoms with Gasteiger partial charge in [0.2, 0.25) is 0 Å². The summed E-state index contributed by atoms with van der Waals surface area (Å²) in [6.45, 7) is 2.10. The lowest BCUT2D eigenvalue weighted by Crippen LogP contribution is -2.32. The van der Waals surface area contributed by atoms with Crippen LogP contribution in [0.3, 0.4) is 0 Å². The Morgan fingerprint density at radius 3 is 2.58 bits per heavy atom. The Morgan fingerprint density at radius 2 is 1.88 bits per heavy atom. The van der Waals surface area contributed by atoms with Gasteiger partial charge in [0.05, 0.1) is 12.6 Å². The minimum absolute atomic E-state index is 0.109. The molecule has 0 spiro atoms. The lowest BCUT2D eigenvalue weighted by atomic mass is 9.95. The Morgan fingerprint density at radius 1 is 1.15 bits per heavy atom.